The van der Waals surface area contributed by atoms with E-state index >= 15 is 0 Å². The van der Waals surface area contributed by atoms with Gasteiger partial charge in [0.1, 0.15) is 0 Å². The van der Waals surface area contributed by atoms with Gasteiger partial charge in [0, 0.05) is 13.1 Å². The van der Waals surface area contributed by atoms with Crippen LogP contribution in [0, 0.1) is 17.2 Å². The SMILES string of the molecule is N#C[C@H]1C(=O)NC(N2CCCCC2)=NC12CCCCC2. The topological polar surface area (TPSA) is 68.5 Å². The zero-order chi connectivity index (χ0) is 14.0. The molecular weight excluding hydrogens is 252 g/mol. The van der Waals surface area contributed by atoms with Gasteiger partial charge in [0.05, 0.1) is 11.6 Å². The van der Waals surface area contributed by atoms with Crippen LogP contribution < -0.4 is 5.32 Å². The van der Waals surface area contributed by atoms with Gasteiger partial charge < -0.3 is 4.90 Å². The number of nitrogens with one attached hydrogen (secondary N) is 1. The Morgan fingerprint density at radius 2 is 1.80 bits per heavy atom. The highest BCUT2D eigenvalue weighted by atomic mass is 16.2. The third kappa shape index (κ3) is 2.28. The van der Waals surface area contributed by atoms with Crippen molar-refractivity contribution in [1.82, 2.24) is 10.2 Å². The quantitative estimate of drug-likeness (QED) is 0.732. The second kappa shape index (κ2) is 5.43. The molecule has 0 aromatic carbocycles. The Labute approximate surface area is 120 Å². The van der Waals surface area contributed by atoms with Crippen LogP contribution in [-0.4, -0.2) is 35.4 Å². The van der Waals surface area contributed by atoms with E-state index in [2.05, 4.69) is 16.3 Å². The van der Waals surface area contributed by atoms with Gasteiger partial charge in [0.15, 0.2) is 5.92 Å². The summed E-state index contributed by atoms with van der Waals surface area (Å²) in [5.41, 5.74) is -0.456. The van der Waals surface area contributed by atoms with Crippen molar-refractivity contribution in [3.8, 4) is 6.07 Å². The predicted octanol–water partition coefficient (Wildman–Crippen LogP) is 1.80. The second-order valence-corrected chi connectivity index (χ2v) is 6.20. The average molecular weight is 274 g/mol. The molecule has 5 heteroatoms. The number of aliphatic imine (C=N–C) groups is 1. The summed E-state index contributed by atoms with van der Waals surface area (Å²) in [7, 11) is 0. The Hall–Kier alpha value is -1.57. The minimum atomic E-state index is -0.614. The number of rotatable bonds is 0. The van der Waals surface area contributed by atoms with Gasteiger partial charge in [-0.2, -0.15) is 5.26 Å². The molecular formula is C15H22N4O. The van der Waals surface area contributed by atoms with E-state index in [4.69, 9.17) is 4.99 Å². The van der Waals surface area contributed by atoms with E-state index in [0.29, 0.717) is 0 Å². The van der Waals surface area contributed by atoms with Gasteiger partial charge in [-0.1, -0.05) is 19.3 Å². The van der Waals surface area contributed by atoms with Gasteiger partial charge in [0.2, 0.25) is 11.9 Å². The first-order valence-corrected chi connectivity index (χ1v) is 7.80. The number of piperidine rings is 1. The molecule has 0 unspecified atom stereocenters. The monoisotopic (exact) mass is 274 g/mol. The van der Waals surface area contributed by atoms with Crippen molar-refractivity contribution < 1.29 is 4.79 Å². The van der Waals surface area contributed by atoms with Gasteiger partial charge in [-0.25, -0.2) is 4.99 Å². The lowest BCUT2D eigenvalue weighted by Crippen LogP contribution is -2.58. The first-order valence-electron chi connectivity index (χ1n) is 7.80. The van der Waals surface area contributed by atoms with Crippen LogP contribution in [0.5, 0.6) is 0 Å². The number of guanidine groups is 1. The van der Waals surface area contributed by atoms with Crippen LogP contribution in [0.4, 0.5) is 0 Å². The lowest BCUT2D eigenvalue weighted by Gasteiger charge is -2.42. The highest BCUT2D eigenvalue weighted by Gasteiger charge is 2.48. The number of nitrogens with zero attached hydrogens (tertiary/aromatic N) is 3. The lowest BCUT2D eigenvalue weighted by molar-refractivity contribution is -0.125. The van der Waals surface area contributed by atoms with Crippen molar-refractivity contribution >= 4 is 11.9 Å². The molecule has 1 atom stereocenters. The van der Waals surface area contributed by atoms with Crippen LogP contribution in [0.3, 0.4) is 0 Å². The van der Waals surface area contributed by atoms with Gasteiger partial charge in [-0.15, -0.1) is 0 Å². The van der Waals surface area contributed by atoms with Crippen LogP contribution in [0.2, 0.25) is 0 Å². The molecule has 108 valence electrons. The highest BCUT2D eigenvalue weighted by Crippen LogP contribution is 2.40. The minimum absolute atomic E-state index is 0.148. The molecule has 2 aliphatic heterocycles. The van der Waals surface area contributed by atoms with Crippen LogP contribution in [0.15, 0.2) is 4.99 Å². The summed E-state index contributed by atoms with van der Waals surface area (Å²) in [4.78, 5) is 19.4. The molecule has 5 nitrogen and oxygen atoms in total. The third-order valence-electron chi connectivity index (χ3n) is 4.87. The number of carbonyl (C=O) groups is 1. The first-order chi connectivity index (χ1) is 9.75. The van der Waals surface area contributed by atoms with E-state index in [1.807, 2.05) is 0 Å². The molecule has 0 radical (unpaired) electrons. The predicted molar refractivity (Wildman–Crippen MR) is 75.9 cm³/mol. The molecule has 2 fully saturated rings. The molecule has 0 aromatic rings. The second-order valence-electron chi connectivity index (χ2n) is 6.20. The van der Waals surface area contributed by atoms with Gasteiger partial charge in [0.25, 0.3) is 0 Å². The van der Waals surface area contributed by atoms with Gasteiger partial charge in [-0.05, 0) is 32.1 Å². The zero-order valence-corrected chi connectivity index (χ0v) is 11.9. The van der Waals surface area contributed by atoms with Crippen molar-refractivity contribution in [2.24, 2.45) is 10.9 Å². The molecule has 3 rings (SSSR count). The maximum Gasteiger partial charge on any atom is 0.246 e. The molecule has 1 saturated carbocycles. The summed E-state index contributed by atoms with van der Waals surface area (Å²) in [6.45, 7) is 1.93. The fourth-order valence-corrected chi connectivity index (χ4v) is 3.73. The maximum absolute atomic E-state index is 12.3. The van der Waals surface area contributed by atoms with Crippen LogP contribution >= 0.6 is 0 Å². The standard InChI is InChI=1S/C15H22N4O/c16-11-12-13(20)17-14(19-9-5-2-6-10-19)18-15(12)7-3-1-4-8-15/h12H,1-10H2,(H,17,18,20)/t12-/m0/s1. The molecule has 0 aromatic heterocycles. The van der Waals surface area contributed by atoms with Crippen molar-refractivity contribution in [2.45, 2.75) is 56.9 Å². The molecule has 1 saturated heterocycles. The fraction of sp³-hybridized carbons (Fsp3) is 0.800. The van der Waals surface area contributed by atoms with Gasteiger partial charge in [-0.3, -0.25) is 10.1 Å². The number of hydrogen-bond acceptors (Lipinski definition) is 4. The summed E-state index contributed by atoms with van der Waals surface area (Å²) in [6, 6.07) is 2.20. The largest absolute Gasteiger partial charge is 0.343 e. The summed E-state index contributed by atoms with van der Waals surface area (Å²) in [6.07, 6.45) is 8.64. The number of amides is 1. The van der Waals surface area contributed by atoms with Crippen molar-refractivity contribution in [3.63, 3.8) is 0 Å². The molecule has 1 spiro atoms. The van der Waals surface area contributed by atoms with Crippen molar-refractivity contribution in [3.05, 3.63) is 0 Å². The van der Waals surface area contributed by atoms with Crippen LogP contribution in [-0.2, 0) is 4.79 Å². The van der Waals surface area contributed by atoms with Crippen LogP contribution in [0.25, 0.3) is 0 Å². The van der Waals surface area contributed by atoms with E-state index in [0.717, 1.165) is 57.6 Å². The van der Waals surface area contributed by atoms with E-state index in [1.165, 1.54) is 12.8 Å². The smallest absolute Gasteiger partial charge is 0.246 e. The fourth-order valence-electron chi connectivity index (χ4n) is 3.73. The Bertz CT molecular complexity index is 453. The van der Waals surface area contributed by atoms with Crippen molar-refractivity contribution in [2.75, 3.05) is 13.1 Å². The van der Waals surface area contributed by atoms with E-state index in [1.54, 1.807) is 0 Å². The summed E-state index contributed by atoms with van der Waals surface area (Å²) in [5, 5.41) is 12.3. The number of hydrogen-bond donors (Lipinski definition) is 1. The number of nitriles is 1. The molecule has 0 bridgehead atoms. The lowest BCUT2D eigenvalue weighted by atomic mass is 9.72. The zero-order valence-electron chi connectivity index (χ0n) is 11.9. The van der Waals surface area contributed by atoms with Gasteiger partial charge >= 0.3 is 0 Å². The van der Waals surface area contributed by atoms with E-state index < -0.39 is 11.5 Å². The number of likely N-dealkylation sites (tertiary alicyclic amines) is 1. The minimum Gasteiger partial charge on any atom is -0.343 e. The van der Waals surface area contributed by atoms with E-state index in [9.17, 15) is 10.1 Å². The molecule has 1 amide bonds. The molecule has 1 aliphatic carbocycles. The Kier molecular flexibility index (Phi) is 3.64. The Morgan fingerprint density at radius 1 is 1.15 bits per heavy atom. The molecule has 2 heterocycles. The first kappa shape index (κ1) is 13.4. The summed E-state index contributed by atoms with van der Waals surface area (Å²) < 4.78 is 0. The molecule has 1 N–H and O–H groups in total. The van der Waals surface area contributed by atoms with Crippen LogP contribution in [0.1, 0.15) is 51.4 Å². The summed E-state index contributed by atoms with van der Waals surface area (Å²) >= 11 is 0. The maximum atomic E-state index is 12.3. The molecule has 3 aliphatic rings. The number of carbonyl (C=O) groups excluding carboxylic acids is 1. The normalized spacial score (nSPS) is 29.6. The third-order valence-corrected chi connectivity index (χ3v) is 4.87. The van der Waals surface area contributed by atoms with Crippen molar-refractivity contribution in [1.29, 1.82) is 5.26 Å². The van der Waals surface area contributed by atoms with E-state index in [-0.39, 0.29) is 5.91 Å². The highest BCUT2D eigenvalue weighted by molar-refractivity contribution is 6.02. The average Bonchev–Trinajstić information content (AvgIpc) is 2.49. The summed E-state index contributed by atoms with van der Waals surface area (Å²) in [5.74, 6) is -0.0376. The molecule has 20 heavy (non-hydrogen) atoms. The Morgan fingerprint density at radius 3 is 2.45 bits per heavy atom. The Balaban J connectivity index is 1.91.